The molecular weight excluding hydrogens is 266 g/mol. The molecule has 0 radical (unpaired) electrons. The van der Waals surface area contributed by atoms with Crippen LogP contribution in [0.2, 0.25) is 5.02 Å². The van der Waals surface area contributed by atoms with Gasteiger partial charge in [-0.3, -0.25) is 0 Å². The summed E-state index contributed by atoms with van der Waals surface area (Å²) >= 11 is 6.12. The van der Waals surface area contributed by atoms with E-state index in [9.17, 15) is 0 Å². The molecule has 106 valence electrons. The Morgan fingerprint density at radius 2 is 1.80 bits per heavy atom. The van der Waals surface area contributed by atoms with Crippen LogP contribution in [0.15, 0.2) is 54.6 Å². The Hall–Kier alpha value is -1.31. The van der Waals surface area contributed by atoms with Crippen LogP contribution in [0.3, 0.4) is 0 Å². The monoisotopic (exact) mass is 287 g/mol. The van der Waals surface area contributed by atoms with Crippen molar-refractivity contribution in [3.63, 3.8) is 0 Å². The van der Waals surface area contributed by atoms with E-state index in [2.05, 4.69) is 54.7 Å². The SMILES string of the molecule is CCC(CNC)(Cc1cccc(Cl)c1)c1ccccc1. The fourth-order valence-corrected chi connectivity index (χ4v) is 3.10. The van der Waals surface area contributed by atoms with Gasteiger partial charge < -0.3 is 5.32 Å². The van der Waals surface area contributed by atoms with Crippen molar-refractivity contribution < 1.29 is 0 Å². The van der Waals surface area contributed by atoms with Crippen LogP contribution in [-0.2, 0) is 11.8 Å². The average Bonchev–Trinajstić information content (AvgIpc) is 2.48. The van der Waals surface area contributed by atoms with E-state index in [0.717, 1.165) is 24.4 Å². The summed E-state index contributed by atoms with van der Waals surface area (Å²) in [5.41, 5.74) is 2.79. The molecule has 0 spiro atoms. The molecule has 2 rings (SSSR count). The first-order chi connectivity index (χ1) is 9.70. The molecule has 2 aromatic rings. The van der Waals surface area contributed by atoms with Crippen molar-refractivity contribution in [3.8, 4) is 0 Å². The second kappa shape index (κ2) is 6.92. The Bertz CT molecular complexity index is 538. The molecule has 0 bridgehead atoms. The summed E-state index contributed by atoms with van der Waals surface area (Å²) < 4.78 is 0. The van der Waals surface area contributed by atoms with Crippen LogP contribution in [0, 0.1) is 0 Å². The van der Waals surface area contributed by atoms with E-state index in [4.69, 9.17) is 11.6 Å². The van der Waals surface area contributed by atoms with E-state index in [0.29, 0.717) is 0 Å². The second-order valence-corrected chi connectivity index (χ2v) is 5.77. The van der Waals surface area contributed by atoms with Gasteiger partial charge in [-0.25, -0.2) is 0 Å². The highest BCUT2D eigenvalue weighted by Crippen LogP contribution is 2.32. The lowest BCUT2D eigenvalue weighted by Gasteiger charge is -2.34. The number of hydrogen-bond acceptors (Lipinski definition) is 1. The van der Waals surface area contributed by atoms with Crippen LogP contribution >= 0.6 is 11.6 Å². The molecule has 1 atom stereocenters. The Morgan fingerprint density at radius 3 is 2.40 bits per heavy atom. The number of halogens is 1. The first kappa shape index (κ1) is 15.1. The van der Waals surface area contributed by atoms with Crippen molar-refractivity contribution in [2.24, 2.45) is 0 Å². The minimum absolute atomic E-state index is 0.112. The topological polar surface area (TPSA) is 12.0 Å². The zero-order valence-corrected chi connectivity index (χ0v) is 13.0. The molecule has 0 aliphatic rings. The summed E-state index contributed by atoms with van der Waals surface area (Å²) in [6, 6.07) is 19.0. The molecule has 0 amide bonds. The molecule has 0 heterocycles. The normalized spacial score (nSPS) is 13.9. The molecule has 1 unspecified atom stereocenters. The van der Waals surface area contributed by atoms with Crippen molar-refractivity contribution in [1.82, 2.24) is 5.32 Å². The predicted molar refractivity (Wildman–Crippen MR) is 87.5 cm³/mol. The highest BCUT2D eigenvalue weighted by molar-refractivity contribution is 6.30. The van der Waals surface area contributed by atoms with Crippen molar-refractivity contribution >= 4 is 11.6 Å². The largest absolute Gasteiger partial charge is 0.319 e. The van der Waals surface area contributed by atoms with Gasteiger partial charge in [-0.1, -0.05) is 61.0 Å². The number of rotatable bonds is 6. The molecular formula is C18H22ClN. The van der Waals surface area contributed by atoms with Crippen LogP contribution in [0.5, 0.6) is 0 Å². The third-order valence-electron chi connectivity index (χ3n) is 4.01. The lowest BCUT2D eigenvalue weighted by molar-refractivity contribution is 0.391. The fraction of sp³-hybridized carbons (Fsp3) is 0.333. The van der Waals surface area contributed by atoms with Gasteiger partial charge in [0.2, 0.25) is 0 Å². The number of nitrogens with one attached hydrogen (secondary N) is 1. The zero-order chi connectivity index (χ0) is 14.4. The maximum atomic E-state index is 6.12. The Morgan fingerprint density at radius 1 is 1.05 bits per heavy atom. The standard InChI is InChI=1S/C18H22ClN/c1-3-18(14-20-2,16-9-5-4-6-10-16)13-15-8-7-11-17(19)12-15/h4-12,20H,3,13-14H2,1-2H3. The molecule has 0 aromatic heterocycles. The van der Waals surface area contributed by atoms with Crippen LogP contribution in [0.4, 0.5) is 0 Å². The molecule has 1 nitrogen and oxygen atoms in total. The van der Waals surface area contributed by atoms with Crippen molar-refractivity contribution in [2.75, 3.05) is 13.6 Å². The average molecular weight is 288 g/mol. The maximum Gasteiger partial charge on any atom is 0.0408 e. The molecule has 20 heavy (non-hydrogen) atoms. The van der Waals surface area contributed by atoms with Crippen LogP contribution in [0.1, 0.15) is 24.5 Å². The molecule has 0 aliphatic carbocycles. The number of hydrogen-bond donors (Lipinski definition) is 1. The van der Waals surface area contributed by atoms with Crippen LogP contribution in [-0.4, -0.2) is 13.6 Å². The lowest BCUT2D eigenvalue weighted by atomic mass is 9.73. The van der Waals surface area contributed by atoms with Gasteiger partial charge in [-0.05, 0) is 43.1 Å². The molecule has 0 saturated heterocycles. The molecule has 0 aliphatic heterocycles. The van der Waals surface area contributed by atoms with Crippen molar-refractivity contribution in [3.05, 3.63) is 70.7 Å². The number of likely N-dealkylation sites (N-methyl/N-ethyl adjacent to an activating group) is 1. The number of benzene rings is 2. The highest BCUT2D eigenvalue weighted by atomic mass is 35.5. The Labute approximate surface area is 127 Å². The van der Waals surface area contributed by atoms with Gasteiger partial charge in [0, 0.05) is 17.0 Å². The Kier molecular flexibility index (Phi) is 5.22. The minimum atomic E-state index is 0.112. The minimum Gasteiger partial charge on any atom is -0.319 e. The molecule has 2 aromatic carbocycles. The third kappa shape index (κ3) is 3.41. The predicted octanol–water partition coefficient (Wildman–Crippen LogP) is 4.45. The van der Waals surface area contributed by atoms with Gasteiger partial charge >= 0.3 is 0 Å². The summed E-state index contributed by atoms with van der Waals surface area (Å²) in [7, 11) is 2.02. The van der Waals surface area contributed by atoms with Gasteiger partial charge in [0.15, 0.2) is 0 Å². The van der Waals surface area contributed by atoms with Gasteiger partial charge in [-0.2, -0.15) is 0 Å². The third-order valence-corrected chi connectivity index (χ3v) is 4.24. The second-order valence-electron chi connectivity index (χ2n) is 5.34. The molecule has 2 heteroatoms. The van der Waals surface area contributed by atoms with E-state index in [1.165, 1.54) is 11.1 Å². The van der Waals surface area contributed by atoms with E-state index in [-0.39, 0.29) is 5.41 Å². The van der Waals surface area contributed by atoms with Gasteiger partial charge in [0.05, 0.1) is 0 Å². The molecule has 1 N–H and O–H groups in total. The smallest absolute Gasteiger partial charge is 0.0408 e. The first-order valence-corrected chi connectivity index (χ1v) is 7.52. The summed E-state index contributed by atoms with van der Waals surface area (Å²) in [5, 5.41) is 4.17. The maximum absolute atomic E-state index is 6.12. The summed E-state index contributed by atoms with van der Waals surface area (Å²) in [6.45, 7) is 3.22. The van der Waals surface area contributed by atoms with Gasteiger partial charge in [0.1, 0.15) is 0 Å². The van der Waals surface area contributed by atoms with Gasteiger partial charge in [0.25, 0.3) is 0 Å². The molecule has 0 saturated carbocycles. The fourth-order valence-electron chi connectivity index (χ4n) is 2.89. The molecule has 0 fully saturated rings. The van der Waals surface area contributed by atoms with E-state index >= 15 is 0 Å². The van der Waals surface area contributed by atoms with Gasteiger partial charge in [-0.15, -0.1) is 0 Å². The van der Waals surface area contributed by atoms with Crippen molar-refractivity contribution in [1.29, 1.82) is 0 Å². The highest BCUT2D eigenvalue weighted by Gasteiger charge is 2.29. The van der Waals surface area contributed by atoms with Crippen LogP contribution in [0.25, 0.3) is 0 Å². The van der Waals surface area contributed by atoms with Crippen molar-refractivity contribution in [2.45, 2.75) is 25.2 Å². The quantitative estimate of drug-likeness (QED) is 0.828. The first-order valence-electron chi connectivity index (χ1n) is 7.15. The summed E-state index contributed by atoms with van der Waals surface area (Å²) in [6.07, 6.45) is 2.08. The lowest BCUT2D eigenvalue weighted by Crippen LogP contribution is -2.38. The zero-order valence-electron chi connectivity index (χ0n) is 12.2. The van der Waals surface area contributed by atoms with E-state index in [1.807, 2.05) is 19.2 Å². The van der Waals surface area contributed by atoms with E-state index in [1.54, 1.807) is 0 Å². The summed E-state index contributed by atoms with van der Waals surface area (Å²) in [5.74, 6) is 0. The summed E-state index contributed by atoms with van der Waals surface area (Å²) in [4.78, 5) is 0. The van der Waals surface area contributed by atoms with Crippen LogP contribution < -0.4 is 5.32 Å². The Balaban J connectivity index is 2.37. The van der Waals surface area contributed by atoms with E-state index < -0.39 is 0 Å².